The monoisotopic (exact) mass is 307 g/mol. The zero-order valence-electron chi connectivity index (χ0n) is 10.5. The molecule has 1 aromatic rings. The molecule has 1 aliphatic heterocycles. The highest BCUT2D eigenvalue weighted by atomic mass is 35.5. The largest absolute Gasteiger partial charge is 0.484 e. The van der Waals surface area contributed by atoms with E-state index < -0.39 is 6.10 Å². The SMILES string of the molecule is C[C@H](O)COc1c(Cl)nc(Cl)nc1N1CCOCC1. The highest BCUT2D eigenvalue weighted by molar-refractivity contribution is 6.33. The molecule has 0 radical (unpaired) electrons. The van der Waals surface area contributed by atoms with Gasteiger partial charge in [-0.25, -0.2) is 4.98 Å². The van der Waals surface area contributed by atoms with Crippen LogP contribution in [0.1, 0.15) is 6.92 Å². The third-order valence-electron chi connectivity index (χ3n) is 2.56. The van der Waals surface area contributed by atoms with Crippen molar-refractivity contribution in [1.82, 2.24) is 9.97 Å². The fourth-order valence-corrected chi connectivity index (χ4v) is 2.13. The second kappa shape index (κ2) is 6.56. The predicted octanol–water partition coefficient (Wildman–Crippen LogP) is 1.38. The van der Waals surface area contributed by atoms with E-state index in [2.05, 4.69) is 9.97 Å². The van der Waals surface area contributed by atoms with Crippen molar-refractivity contribution in [2.45, 2.75) is 13.0 Å². The maximum Gasteiger partial charge on any atom is 0.226 e. The number of nitrogens with zero attached hydrogens (tertiary/aromatic N) is 3. The van der Waals surface area contributed by atoms with Crippen LogP contribution in [0.4, 0.5) is 5.82 Å². The first-order valence-electron chi connectivity index (χ1n) is 5.94. The van der Waals surface area contributed by atoms with E-state index in [1.807, 2.05) is 4.90 Å². The molecule has 6 nitrogen and oxygen atoms in total. The third kappa shape index (κ3) is 3.82. The van der Waals surface area contributed by atoms with Gasteiger partial charge in [0.05, 0.1) is 19.3 Å². The molecule has 8 heteroatoms. The Labute approximate surface area is 121 Å². The van der Waals surface area contributed by atoms with E-state index in [0.717, 1.165) is 0 Å². The number of aromatic nitrogens is 2. The Kier molecular flexibility index (Phi) is 5.04. The number of halogens is 2. The summed E-state index contributed by atoms with van der Waals surface area (Å²) in [5.41, 5.74) is 0. The molecule has 0 aliphatic carbocycles. The van der Waals surface area contributed by atoms with Gasteiger partial charge in [-0.3, -0.25) is 0 Å². The minimum atomic E-state index is -0.607. The second-order valence-corrected chi connectivity index (χ2v) is 4.89. The molecular formula is C11H15Cl2N3O3. The van der Waals surface area contributed by atoms with E-state index in [9.17, 15) is 5.11 Å². The number of hydrogen-bond acceptors (Lipinski definition) is 6. The number of anilines is 1. The van der Waals surface area contributed by atoms with E-state index in [0.29, 0.717) is 37.9 Å². The quantitative estimate of drug-likeness (QED) is 0.669. The summed E-state index contributed by atoms with van der Waals surface area (Å²) in [5, 5.41) is 9.50. The first kappa shape index (κ1) is 14.6. The normalized spacial score (nSPS) is 17.4. The molecule has 1 fully saturated rings. The van der Waals surface area contributed by atoms with Crippen molar-refractivity contribution < 1.29 is 14.6 Å². The number of ether oxygens (including phenoxy) is 2. The minimum Gasteiger partial charge on any atom is -0.484 e. The van der Waals surface area contributed by atoms with Gasteiger partial charge in [-0.05, 0) is 18.5 Å². The summed E-state index contributed by atoms with van der Waals surface area (Å²) < 4.78 is 10.8. The lowest BCUT2D eigenvalue weighted by Crippen LogP contribution is -2.37. The third-order valence-corrected chi connectivity index (χ3v) is 2.98. The molecule has 0 unspecified atom stereocenters. The number of rotatable bonds is 4. The smallest absolute Gasteiger partial charge is 0.226 e. The van der Waals surface area contributed by atoms with Crippen molar-refractivity contribution in [2.75, 3.05) is 37.8 Å². The molecule has 1 saturated heterocycles. The zero-order valence-corrected chi connectivity index (χ0v) is 12.0. The molecule has 0 aromatic carbocycles. The predicted molar refractivity (Wildman–Crippen MR) is 72.3 cm³/mol. The molecule has 2 rings (SSSR count). The van der Waals surface area contributed by atoms with Crippen LogP contribution in [-0.4, -0.2) is 54.1 Å². The summed E-state index contributed by atoms with van der Waals surface area (Å²) in [6.45, 7) is 4.30. The highest BCUT2D eigenvalue weighted by Gasteiger charge is 2.22. The Hall–Kier alpha value is -0.820. The standard InChI is InChI=1S/C11H15Cl2N3O3/c1-7(17)6-19-8-9(12)14-11(13)15-10(8)16-2-4-18-5-3-16/h7,17H,2-6H2,1H3/t7-/m0/s1. The summed E-state index contributed by atoms with van der Waals surface area (Å²) in [7, 11) is 0. The van der Waals surface area contributed by atoms with Crippen LogP contribution >= 0.6 is 23.2 Å². The van der Waals surface area contributed by atoms with Gasteiger partial charge in [0.15, 0.2) is 16.7 Å². The average molecular weight is 308 g/mol. The minimum absolute atomic E-state index is 0.0656. The Morgan fingerprint density at radius 1 is 1.37 bits per heavy atom. The lowest BCUT2D eigenvalue weighted by molar-refractivity contribution is 0.117. The van der Waals surface area contributed by atoms with Crippen molar-refractivity contribution in [3.05, 3.63) is 10.4 Å². The molecule has 1 N–H and O–H groups in total. The molecule has 0 bridgehead atoms. The molecule has 0 saturated carbocycles. The lowest BCUT2D eigenvalue weighted by atomic mass is 10.4. The number of aliphatic hydroxyl groups is 1. The molecular weight excluding hydrogens is 293 g/mol. The van der Waals surface area contributed by atoms with Gasteiger partial charge in [0.25, 0.3) is 0 Å². The van der Waals surface area contributed by atoms with Gasteiger partial charge in [0.1, 0.15) is 6.61 Å². The Balaban J connectivity index is 2.27. The van der Waals surface area contributed by atoms with E-state index in [1.165, 1.54) is 0 Å². The Bertz CT molecular complexity index is 439. The lowest BCUT2D eigenvalue weighted by Gasteiger charge is -2.29. The van der Waals surface area contributed by atoms with E-state index >= 15 is 0 Å². The Morgan fingerprint density at radius 2 is 2.05 bits per heavy atom. The van der Waals surface area contributed by atoms with Crippen molar-refractivity contribution in [3.8, 4) is 5.75 Å². The molecule has 1 atom stereocenters. The number of aliphatic hydroxyl groups excluding tert-OH is 1. The first-order chi connectivity index (χ1) is 9.08. The summed E-state index contributed by atoms with van der Waals surface area (Å²) >= 11 is 11.9. The van der Waals surface area contributed by atoms with Crippen LogP contribution in [0.15, 0.2) is 0 Å². The van der Waals surface area contributed by atoms with Gasteiger partial charge in [-0.15, -0.1) is 0 Å². The molecule has 19 heavy (non-hydrogen) atoms. The fraction of sp³-hybridized carbons (Fsp3) is 0.636. The van der Waals surface area contributed by atoms with Crippen molar-refractivity contribution in [1.29, 1.82) is 0 Å². The van der Waals surface area contributed by atoms with Gasteiger partial charge in [0.2, 0.25) is 5.28 Å². The van der Waals surface area contributed by atoms with Crippen LogP contribution < -0.4 is 9.64 Å². The summed E-state index contributed by atoms with van der Waals surface area (Å²) in [4.78, 5) is 10.0. The van der Waals surface area contributed by atoms with Gasteiger partial charge in [0, 0.05) is 13.1 Å². The van der Waals surface area contributed by atoms with Gasteiger partial charge in [-0.2, -0.15) is 4.98 Å². The van der Waals surface area contributed by atoms with Crippen LogP contribution in [0.2, 0.25) is 10.4 Å². The molecule has 0 spiro atoms. The van der Waals surface area contributed by atoms with E-state index in [1.54, 1.807) is 6.92 Å². The molecule has 2 heterocycles. The summed E-state index contributed by atoms with van der Waals surface area (Å²) in [6.07, 6.45) is -0.607. The Morgan fingerprint density at radius 3 is 2.68 bits per heavy atom. The van der Waals surface area contributed by atoms with Crippen LogP contribution in [0.5, 0.6) is 5.75 Å². The second-order valence-electron chi connectivity index (χ2n) is 4.20. The van der Waals surface area contributed by atoms with Crippen LogP contribution in [0.3, 0.4) is 0 Å². The van der Waals surface area contributed by atoms with Crippen molar-refractivity contribution >= 4 is 29.0 Å². The maximum absolute atomic E-state index is 9.29. The molecule has 0 amide bonds. The van der Waals surface area contributed by atoms with E-state index in [-0.39, 0.29) is 17.0 Å². The van der Waals surface area contributed by atoms with Crippen molar-refractivity contribution in [3.63, 3.8) is 0 Å². The molecule has 106 valence electrons. The first-order valence-corrected chi connectivity index (χ1v) is 6.70. The van der Waals surface area contributed by atoms with Gasteiger partial charge in [-0.1, -0.05) is 11.6 Å². The van der Waals surface area contributed by atoms with Gasteiger partial charge < -0.3 is 19.5 Å². The average Bonchev–Trinajstić information content (AvgIpc) is 2.37. The van der Waals surface area contributed by atoms with Crippen LogP contribution in [0.25, 0.3) is 0 Å². The zero-order chi connectivity index (χ0) is 13.8. The summed E-state index contributed by atoms with van der Waals surface area (Å²) in [6, 6.07) is 0. The van der Waals surface area contributed by atoms with Crippen LogP contribution in [0, 0.1) is 0 Å². The highest BCUT2D eigenvalue weighted by Crippen LogP contribution is 2.34. The maximum atomic E-state index is 9.29. The van der Waals surface area contributed by atoms with Crippen molar-refractivity contribution in [2.24, 2.45) is 0 Å². The van der Waals surface area contributed by atoms with E-state index in [4.69, 9.17) is 32.7 Å². The fourth-order valence-electron chi connectivity index (χ4n) is 1.70. The van der Waals surface area contributed by atoms with Gasteiger partial charge >= 0.3 is 0 Å². The van der Waals surface area contributed by atoms with Crippen LogP contribution in [-0.2, 0) is 4.74 Å². The molecule has 1 aliphatic rings. The number of morpholine rings is 1. The molecule has 1 aromatic heterocycles. The summed E-state index contributed by atoms with van der Waals surface area (Å²) in [5.74, 6) is 0.878. The topological polar surface area (TPSA) is 67.7 Å². The number of hydrogen-bond donors (Lipinski definition) is 1.